The number of aromatic nitrogens is 1. The fourth-order valence-corrected chi connectivity index (χ4v) is 5.24. The Kier molecular flexibility index (Phi) is 9.08. The number of carbonyl (C=O) groups is 1. The van der Waals surface area contributed by atoms with Crippen LogP contribution in [-0.2, 0) is 23.5 Å². The number of piperidine rings is 1. The van der Waals surface area contributed by atoms with Crippen molar-refractivity contribution in [3.63, 3.8) is 0 Å². The number of hydrogen-bond donors (Lipinski definition) is 2. The lowest BCUT2D eigenvalue weighted by Gasteiger charge is -2.31. The van der Waals surface area contributed by atoms with Gasteiger partial charge in [0.25, 0.3) is 0 Å². The van der Waals surface area contributed by atoms with Gasteiger partial charge in [-0.2, -0.15) is 0 Å². The summed E-state index contributed by atoms with van der Waals surface area (Å²) in [5.74, 6) is 3.68. The third-order valence-corrected chi connectivity index (χ3v) is 7.39. The van der Waals surface area contributed by atoms with E-state index in [1.165, 1.54) is 4.90 Å². The molecule has 8 heteroatoms. The van der Waals surface area contributed by atoms with Gasteiger partial charge in [0.1, 0.15) is 5.76 Å². The van der Waals surface area contributed by atoms with Gasteiger partial charge in [-0.25, -0.2) is 0 Å². The molecule has 1 fully saturated rings. The van der Waals surface area contributed by atoms with E-state index in [-0.39, 0.29) is 5.91 Å². The smallest absolute Gasteiger partial charge is 0.220 e. The van der Waals surface area contributed by atoms with Gasteiger partial charge in [-0.1, -0.05) is 29.4 Å². The molecule has 7 nitrogen and oxygen atoms in total. The zero-order chi connectivity index (χ0) is 24.5. The summed E-state index contributed by atoms with van der Waals surface area (Å²) in [5, 5.41) is 10.8. The molecule has 35 heavy (non-hydrogen) atoms. The summed E-state index contributed by atoms with van der Waals surface area (Å²) in [6, 6.07) is 18.0. The largest absolute Gasteiger partial charge is 0.493 e. The highest BCUT2D eigenvalue weighted by atomic mass is 32.2. The van der Waals surface area contributed by atoms with E-state index in [0.717, 1.165) is 48.7 Å². The Morgan fingerprint density at radius 3 is 2.74 bits per heavy atom. The Balaban J connectivity index is 1.28. The first-order valence-corrected chi connectivity index (χ1v) is 12.9. The van der Waals surface area contributed by atoms with E-state index in [0.29, 0.717) is 36.3 Å². The molecule has 4 rings (SSSR count). The molecule has 0 aliphatic carbocycles. The van der Waals surface area contributed by atoms with Crippen LogP contribution in [0.15, 0.2) is 64.0 Å². The fraction of sp³-hybridized carbons (Fsp3) is 0.407. The lowest BCUT2D eigenvalue weighted by Crippen LogP contribution is -2.40. The summed E-state index contributed by atoms with van der Waals surface area (Å²) in [4.78, 5) is 14.0. The number of thioether (sulfide) groups is 1. The predicted octanol–water partition coefficient (Wildman–Crippen LogP) is 4.46. The summed E-state index contributed by atoms with van der Waals surface area (Å²) in [6.07, 6.45) is 2.29. The van der Waals surface area contributed by atoms with Crippen molar-refractivity contribution in [2.75, 3.05) is 27.3 Å². The van der Waals surface area contributed by atoms with Crippen LogP contribution in [0.1, 0.15) is 29.9 Å². The molecule has 0 radical (unpaired) electrons. The number of hydrogen-bond acceptors (Lipinski definition) is 7. The predicted molar refractivity (Wildman–Crippen MR) is 137 cm³/mol. The van der Waals surface area contributed by atoms with E-state index >= 15 is 0 Å². The van der Waals surface area contributed by atoms with Crippen molar-refractivity contribution in [1.29, 1.82) is 0 Å². The van der Waals surface area contributed by atoms with E-state index < -0.39 is 0 Å². The molecule has 0 bridgehead atoms. The van der Waals surface area contributed by atoms with Crippen molar-refractivity contribution in [2.45, 2.75) is 36.5 Å². The van der Waals surface area contributed by atoms with E-state index in [1.54, 1.807) is 26.0 Å². The molecular formula is C27H33N3O4S. The average molecular weight is 496 g/mol. The van der Waals surface area contributed by atoms with Crippen LogP contribution in [0.5, 0.6) is 11.5 Å². The van der Waals surface area contributed by atoms with Crippen molar-refractivity contribution in [2.24, 2.45) is 11.8 Å². The summed E-state index contributed by atoms with van der Waals surface area (Å²) < 4.78 is 16.2. The molecule has 2 N–H and O–H groups in total. The molecule has 1 saturated heterocycles. The number of nitrogens with one attached hydrogen (secondary N) is 2. The minimum absolute atomic E-state index is 0.0665. The Labute approximate surface area is 210 Å². The molecular weight excluding hydrogens is 462 g/mol. The van der Waals surface area contributed by atoms with E-state index in [2.05, 4.69) is 34.0 Å². The first-order chi connectivity index (χ1) is 17.1. The average Bonchev–Trinajstić information content (AvgIpc) is 3.35. The van der Waals surface area contributed by atoms with Crippen LogP contribution in [0.4, 0.5) is 0 Å². The molecule has 0 saturated carbocycles. The highest BCUT2D eigenvalue weighted by Crippen LogP contribution is 2.29. The van der Waals surface area contributed by atoms with E-state index in [9.17, 15) is 4.79 Å². The Morgan fingerprint density at radius 2 is 1.94 bits per heavy atom. The molecule has 186 valence electrons. The van der Waals surface area contributed by atoms with Crippen LogP contribution in [0.3, 0.4) is 0 Å². The molecule has 2 aromatic carbocycles. The molecule has 1 aliphatic rings. The Hall–Kier alpha value is -2.97. The van der Waals surface area contributed by atoms with Crippen molar-refractivity contribution in [3.8, 4) is 11.5 Å². The van der Waals surface area contributed by atoms with Gasteiger partial charge in [0.2, 0.25) is 5.91 Å². The van der Waals surface area contributed by atoms with Crippen LogP contribution in [0, 0.1) is 11.8 Å². The standard InChI is InChI=1S/C27H33N3O4S/c1-32-25-9-8-19(12-26(25)33-2)16-29-27(31)14-20-10-11-28-17-21(20)13-22-15-23(34-30-22)18-35-24-6-4-3-5-7-24/h3-9,12,15,20-21,28H,10-11,13-14,16-18H2,1-2H3,(H,29,31)/t20-,21+/m1/s1. The van der Waals surface area contributed by atoms with E-state index in [4.69, 9.17) is 14.0 Å². The normalized spacial score (nSPS) is 17.7. The van der Waals surface area contributed by atoms with Crippen LogP contribution in [0.2, 0.25) is 0 Å². The summed E-state index contributed by atoms with van der Waals surface area (Å²) in [5.41, 5.74) is 1.93. The summed E-state index contributed by atoms with van der Waals surface area (Å²) >= 11 is 1.74. The number of ether oxygens (including phenoxy) is 2. The van der Waals surface area contributed by atoms with Crippen LogP contribution in [-0.4, -0.2) is 38.4 Å². The van der Waals surface area contributed by atoms with Crippen molar-refractivity contribution in [3.05, 3.63) is 71.6 Å². The van der Waals surface area contributed by atoms with Gasteiger partial charge in [-0.3, -0.25) is 4.79 Å². The van der Waals surface area contributed by atoms with Crippen LogP contribution in [0.25, 0.3) is 0 Å². The second-order valence-corrected chi connectivity index (χ2v) is 9.82. The SMILES string of the molecule is COc1ccc(CNC(=O)C[C@H]2CCNC[C@@H]2Cc2cc(CSc3ccccc3)on2)cc1OC. The summed E-state index contributed by atoms with van der Waals surface area (Å²) in [7, 11) is 3.22. The van der Waals surface area contributed by atoms with E-state index in [1.807, 2.05) is 36.4 Å². The number of rotatable bonds is 11. The third-order valence-electron chi connectivity index (χ3n) is 6.35. The second-order valence-electron chi connectivity index (χ2n) is 8.77. The number of nitrogens with zero attached hydrogens (tertiary/aromatic N) is 1. The van der Waals surface area contributed by atoms with Crippen molar-refractivity contribution >= 4 is 17.7 Å². The monoisotopic (exact) mass is 495 g/mol. The molecule has 2 heterocycles. The highest BCUT2D eigenvalue weighted by Gasteiger charge is 2.28. The molecule has 2 atom stereocenters. The van der Waals surface area contributed by atoms with Crippen LogP contribution < -0.4 is 20.1 Å². The van der Waals surface area contributed by atoms with Crippen molar-refractivity contribution in [1.82, 2.24) is 15.8 Å². The number of benzene rings is 2. The minimum atomic E-state index is 0.0665. The quantitative estimate of drug-likeness (QED) is 0.380. The second kappa shape index (κ2) is 12.7. The first-order valence-electron chi connectivity index (χ1n) is 11.9. The van der Waals surface area contributed by atoms with Crippen LogP contribution >= 0.6 is 11.8 Å². The topological polar surface area (TPSA) is 85.6 Å². The lowest BCUT2D eigenvalue weighted by molar-refractivity contribution is -0.122. The maximum atomic E-state index is 12.8. The molecule has 0 spiro atoms. The maximum absolute atomic E-state index is 12.8. The zero-order valence-electron chi connectivity index (χ0n) is 20.3. The van der Waals surface area contributed by atoms with Gasteiger partial charge >= 0.3 is 0 Å². The molecule has 0 unspecified atom stereocenters. The first kappa shape index (κ1) is 25.1. The van der Waals surface area contributed by atoms with Gasteiger partial charge in [0.15, 0.2) is 11.5 Å². The molecule has 1 aliphatic heterocycles. The van der Waals surface area contributed by atoms with Crippen molar-refractivity contribution < 1.29 is 18.8 Å². The Morgan fingerprint density at radius 1 is 1.11 bits per heavy atom. The van der Waals surface area contributed by atoms with Gasteiger partial charge in [0.05, 0.1) is 25.7 Å². The molecule has 3 aromatic rings. The number of methoxy groups -OCH3 is 2. The molecule has 1 amide bonds. The van der Waals surface area contributed by atoms with Gasteiger partial charge in [-0.05, 0) is 67.6 Å². The maximum Gasteiger partial charge on any atom is 0.220 e. The number of carbonyl (C=O) groups excluding carboxylic acids is 1. The van der Waals surface area contributed by atoms with Gasteiger partial charge in [0, 0.05) is 23.9 Å². The molecule has 1 aromatic heterocycles. The zero-order valence-corrected chi connectivity index (χ0v) is 21.1. The van der Waals surface area contributed by atoms with Gasteiger partial charge in [-0.15, -0.1) is 11.8 Å². The lowest BCUT2D eigenvalue weighted by atomic mass is 9.81. The highest BCUT2D eigenvalue weighted by molar-refractivity contribution is 7.98. The number of amides is 1. The summed E-state index contributed by atoms with van der Waals surface area (Å²) in [6.45, 7) is 2.27. The fourth-order valence-electron chi connectivity index (χ4n) is 4.45. The minimum Gasteiger partial charge on any atom is -0.493 e. The third kappa shape index (κ3) is 7.26. The van der Waals surface area contributed by atoms with Gasteiger partial charge < -0.3 is 24.6 Å². The Bertz CT molecular complexity index is 1090.